The van der Waals surface area contributed by atoms with Crippen LogP contribution in [0, 0.1) is 0 Å². The van der Waals surface area contributed by atoms with E-state index in [1.807, 2.05) is 25.1 Å². The summed E-state index contributed by atoms with van der Waals surface area (Å²) in [6, 6.07) is 7.52. The molecule has 1 aromatic carbocycles. The number of hydrogen-bond acceptors (Lipinski definition) is 5. The third-order valence-corrected chi connectivity index (χ3v) is 4.60. The molecule has 8 heteroatoms. The lowest BCUT2D eigenvalue weighted by molar-refractivity contribution is -0.119. The fourth-order valence-corrected chi connectivity index (χ4v) is 2.98. The summed E-state index contributed by atoms with van der Waals surface area (Å²) in [6.07, 6.45) is 0. The van der Waals surface area contributed by atoms with Crippen LogP contribution in [-0.4, -0.2) is 68.3 Å². The van der Waals surface area contributed by atoms with Gasteiger partial charge in [-0.15, -0.1) is 0 Å². The Balaban J connectivity index is 1.94. The SMILES string of the molecule is CCNC(=NCc1cccc(OCC(N)=O)c1)NCC(C)(C)N1CCOCC1. The fraction of sp³-hybridized carbons (Fsp3) is 0.600. The smallest absolute Gasteiger partial charge is 0.255 e. The number of rotatable bonds is 9. The molecule has 0 saturated carbocycles. The first-order valence-electron chi connectivity index (χ1n) is 9.76. The van der Waals surface area contributed by atoms with Crippen molar-refractivity contribution < 1.29 is 14.3 Å². The van der Waals surface area contributed by atoms with Crippen LogP contribution < -0.4 is 21.1 Å². The molecular formula is C20H33N5O3. The number of guanidine groups is 1. The van der Waals surface area contributed by atoms with Crippen LogP contribution in [0.5, 0.6) is 5.75 Å². The maximum Gasteiger partial charge on any atom is 0.255 e. The van der Waals surface area contributed by atoms with E-state index in [0.717, 1.165) is 50.9 Å². The Kier molecular flexibility index (Phi) is 8.53. The monoisotopic (exact) mass is 391 g/mol. The molecule has 1 saturated heterocycles. The van der Waals surface area contributed by atoms with Gasteiger partial charge in [-0.3, -0.25) is 9.69 Å². The largest absolute Gasteiger partial charge is 0.484 e. The summed E-state index contributed by atoms with van der Waals surface area (Å²) >= 11 is 0. The van der Waals surface area contributed by atoms with Crippen LogP contribution in [0.4, 0.5) is 0 Å². The van der Waals surface area contributed by atoms with Gasteiger partial charge in [-0.25, -0.2) is 4.99 Å². The van der Waals surface area contributed by atoms with Gasteiger partial charge < -0.3 is 25.8 Å². The van der Waals surface area contributed by atoms with E-state index in [1.165, 1.54) is 0 Å². The van der Waals surface area contributed by atoms with E-state index in [1.54, 1.807) is 6.07 Å². The Bertz CT molecular complexity index is 657. The average molecular weight is 392 g/mol. The van der Waals surface area contributed by atoms with Crippen LogP contribution in [0.15, 0.2) is 29.3 Å². The predicted molar refractivity (Wildman–Crippen MR) is 110 cm³/mol. The molecule has 1 aliphatic heterocycles. The molecule has 0 aromatic heterocycles. The molecule has 1 aromatic rings. The number of nitrogens with zero attached hydrogens (tertiary/aromatic N) is 2. The molecule has 4 N–H and O–H groups in total. The van der Waals surface area contributed by atoms with E-state index in [9.17, 15) is 4.79 Å². The highest BCUT2D eigenvalue weighted by Gasteiger charge is 2.28. The third-order valence-electron chi connectivity index (χ3n) is 4.60. The molecule has 0 spiro atoms. The summed E-state index contributed by atoms with van der Waals surface area (Å²) in [5.74, 6) is 0.884. The van der Waals surface area contributed by atoms with Gasteiger partial charge in [0, 0.05) is 31.7 Å². The van der Waals surface area contributed by atoms with Gasteiger partial charge in [-0.1, -0.05) is 12.1 Å². The lowest BCUT2D eigenvalue weighted by atomic mass is 10.0. The molecule has 28 heavy (non-hydrogen) atoms. The standard InChI is InChI=1S/C20H33N5O3/c1-4-22-19(24-15-20(2,3)25-8-10-27-11-9-25)23-13-16-6-5-7-17(12-16)28-14-18(21)26/h5-7,12H,4,8-11,13-15H2,1-3H3,(H2,21,26)(H2,22,23,24). The molecule has 156 valence electrons. The Morgan fingerprint density at radius 2 is 2.07 bits per heavy atom. The predicted octanol–water partition coefficient (Wildman–Crippen LogP) is 0.717. The molecule has 0 unspecified atom stereocenters. The number of nitrogens with one attached hydrogen (secondary N) is 2. The first-order valence-corrected chi connectivity index (χ1v) is 9.76. The van der Waals surface area contributed by atoms with Crippen molar-refractivity contribution in [3.63, 3.8) is 0 Å². The number of nitrogens with two attached hydrogens (primary N) is 1. The van der Waals surface area contributed by atoms with E-state index >= 15 is 0 Å². The Hall–Kier alpha value is -2.32. The molecule has 1 heterocycles. The lowest BCUT2D eigenvalue weighted by Crippen LogP contribution is -2.56. The number of morpholine rings is 1. The van der Waals surface area contributed by atoms with Crippen molar-refractivity contribution in [3.8, 4) is 5.75 Å². The molecule has 0 atom stereocenters. The maximum absolute atomic E-state index is 10.9. The van der Waals surface area contributed by atoms with Gasteiger partial charge in [0.15, 0.2) is 12.6 Å². The summed E-state index contributed by atoms with van der Waals surface area (Å²) < 4.78 is 10.8. The number of primary amides is 1. The average Bonchev–Trinajstić information content (AvgIpc) is 2.69. The van der Waals surface area contributed by atoms with Crippen LogP contribution in [0.25, 0.3) is 0 Å². The molecule has 0 bridgehead atoms. The Labute approximate surface area is 167 Å². The van der Waals surface area contributed by atoms with Crippen LogP contribution in [0.1, 0.15) is 26.3 Å². The minimum absolute atomic E-state index is 0.00247. The molecule has 0 radical (unpaired) electrons. The van der Waals surface area contributed by atoms with Crippen molar-refractivity contribution in [2.75, 3.05) is 46.0 Å². The number of ether oxygens (including phenoxy) is 2. The lowest BCUT2D eigenvalue weighted by Gasteiger charge is -2.41. The quantitative estimate of drug-likeness (QED) is 0.424. The molecule has 1 aliphatic rings. The second-order valence-corrected chi connectivity index (χ2v) is 7.36. The molecule has 1 amide bonds. The summed E-state index contributed by atoms with van der Waals surface area (Å²) in [4.78, 5) is 18.0. The molecule has 0 aliphatic carbocycles. The van der Waals surface area contributed by atoms with Crippen LogP contribution >= 0.6 is 0 Å². The molecule has 2 rings (SSSR count). The van der Waals surface area contributed by atoms with Gasteiger partial charge in [0.25, 0.3) is 5.91 Å². The van der Waals surface area contributed by atoms with Crippen molar-refractivity contribution in [3.05, 3.63) is 29.8 Å². The van der Waals surface area contributed by atoms with E-state index in [4.69, 9.17) is 15.2 Å². The Morgan fingerprint density at radius 1 is 1.32 bits per heavy atom. The van der Waals surface area contributed by atoms with Crippen LogP contribution in [0.2, 0.25) is 0 Å². The first-order chi connectivity index (χ1) is 13.4. The van der Waals surface area contributed by atoms with Crippen LogP contribution in [-0.2, 0) is 16.1 Å². The van der Waals surface area contributed by atoms with E-state index in [0.29, 0.717) is 12.3 Å². The van der Waals surface area contributed by atoms with Crippen LogP contribution in [0.3, 0.4) is 0 Å². The normalized spacial score (nSPS) is 15.9. The second-order valence-electron chi connectivity index (χ2n) is 7.36. The highest BCUT2D eigenvalue weighted by atomic mass is 16.5. The minimum Gasteiger partial charge on any atom is -0.484 e. The number of hydrogen-bond donors (Lipinski definition) is 3. The topological polar surface area (TPSA) is 101 Å². The van der Waals surface area contributed by atoms with Crippen molar-refractivity contribution >= 4 is 11.9 Å². The molecular weight excluding hydrogens is 358 g/mol. The van der Waals surface area contributed by atoms with Gasteiger partial charge in [-0.2, -0.15) is 0 Å². The van der Waals surface area contributed by atoms with Crippen molar-refractivity contribution in [1.82, 2.24) is 15.5 Å². The second kappa shape index (κ2) is 10.9. The van der Waals surface area contributed by atoms with Gasteiger partial charge in [-0.05, 0) is 38.5 Å². The summed E-state index contributed by atoms with van der Waals surface area (Å²) in [6.45, 7) is 11.9. The third kappa shape index (κ3) is 7.36. The Morgan fingerprint density at radius 3 is 2.75 bits per heavy atom. The highest BCUT2D eigenvalue weighted by Crippen LogP contribution is 2.16. The number of amides is 1. The first kappa shape index (κ1) is 22.0. The molecule has 1 fully saturated rings. The number of carbonyl (C=O) groups excluding carboxylic acids is 1. The maximum atomic E-state index is 10.9. The van der Waals surface area contributed by atoms with Gasteiger partial charge in [0.2, 0.25) is 0 Å². The minimum atomic E-state index is -0.495. The number of aliphatic imine (C=N–C) groups is 1. The summed E-state index contributed by atoms with van der Waals surface area (Å²) in [5, 5.41) is 6.73. The summed E-state index contributed by atoms with van der Waals surface area (Å²) in [5.41, 5.74) is 6.11. The van der Waals surface area contributed by atoms with E-state index in [-0.39, 0.29) is 12.1 Å². The van der Waals surface area contributed by atoms with Crippen molar-refractivity contribution in [1.29, 1.82) is 0 Å². The van der Waals surface area contributed by atoms with Gasteiger partial charge in [0.05, 0.1) is 19.8 Å². The highest BCUT2D eigenvalue weighted by molar-refractivity contribution is 5.79. The van der Waals surface area contributed by atoms with E-state index < -0.39 is 5.91 Å². The van der Waals surface area contributed by atoms with Gasteiger partial charge in [0.1, 0.15) is 5.75 Å². The van der Waals surface area contributed by atoms with Crippen molar-refractivity contribution in [2.45, 2.75) is 32.9 Å². The zero-order valence-electron chi connectivity index (χ0n) is 17.2. The number of carbonyl (C=O) groups is 1. The van der Waals surface area contributed by atoms with Crippen molar-refractivity contribution in [2.24, 2.45) is 10.7 Å². The number of benzene rings is 1. The van der Waals surface area contributed by atoms with Gasteiger partial charge >= 0.3 is 0 Å². The zero-order chi connectivity index (χ0) is 20.4. The summed E-state index contributed by atoms with van der Waals surface area (Å²) in [7, 11) is 0. The fourth-order valence-electron chi connectivity index (χ4n) is 2.98. The zero-order valence-corrected chi connectivity index (χ0v) is 17.2. The van der Waals surface area contributed by atoms with E-state index in [2.05, 4.69) is 34.4 Å². The molecule has 8 nitrogen and oxygen atoms in total.